The average Bonchev–Trinajstić information content (AvgIpc) is 2.30. The van der Waals surface area contributed by atoms with Gasteiger partial charge in [-0.15, -0.1) is 0 Å². The Bertz CT molecular complexity index is 322. The molecule has 0 spiro atoms. The number of rotatable bonds is 6. The van der Waals surface area contributed by atoms with Crippen molar-refractivity contribution in [2.24, 2.45) is 0 Å². The van der Waals surface area contributed by atoms with Crippen LogP contribution < -0.4 is 5.32 Å². The van der Waals surface area contributed by atoms with Crippen LogP contribution in [-0.4, -0.2) is 36.4 Å². The Labute approximate surface area is 92.6 Å². The molecule has 0 aliphatic carbocycles. The van der Waals surface area contributed by atoms with E-state index in [0.717, 1.165) is 11.4 Å². The normalized spacial score (nSPS) is 11.9. The SMILES string of the molecule is CNc1ncncc1C(COC=O)SC. The Hall–Kier alpha value is -1.30. The van der Waals surface area contributed by atoms with Crippen molar-refractivity contribution in [3.63, 3.8) is 0 Å². The zero-order valence-electron chi connectivity index (χ0n) is 8.64. The summed E-state index contributed by atoms with van der Waals surface area (Å²) in [5.41, 5.74) is 0.939. The molecular formula is C9H13N3O2S. The number of hydrogen-bond donors (Lipinski definition) is 1. The molecule has 0 radical (unpaired) electrons. The Kier molecular flexibility index (Phi) is 4.89. The number of aromatic nitrogens is 2. The van der Waals surface area contributed by atoms with E-state index >= 15 is 0 Å². The molecule has 1 atom stereocenters. The first-order valence-corrected chi connectivity index (χ1v) is 5.68. The third-order valence-corrected chi connectivity index (χ3v) is 2.88. The van der Waals surface area contributed by atoms with Gasteiger partial charge in [-0.2, -0.15) is 11.8 Å². The van der Waals surface area contributed by atoms with Crippen molar-refractivity contribution in [3.05, 3.63) is 18.1 Å². The van der Waals surface area contributed by atoms with Gasteiger partial charge in [-0.1, -0.05) is 0 Å². The third kappa shape index (κ3) is 3.09. The van der Waals surface area contributed by atoms with E-state index in [9.17, 15) is 4.79 Å². The molecule has 0 fully saturated rings. The van der Waals surface area contributed by atoms with Gasteiger partial charge in [0.2, 0.25) is 0 Å². The van der Waals surface area contributed by atoms with Gasteiger partial charge in [0.15, 0.2) is 0 Å². The molecule has 1 unspecified atom stereocenters. The fourth-order valence-electron chi connectivity index (χ4n) is 1.20. The summed E-state index contributed by atoms with van der Waals surface area (Å²) < 4.78 is 4.76. The summed E-state index contributed by atoms with van der Waals surface area (Å²) in [5, 5.41) is 3.03. The number of carbonyl (C=O) groups is 1. The fourth-order valence-corrected chi connectivity index (χ4v) is 1.84. The third-order valence-electron chi connectivity index (χ3n) is 1.92. The highest BCUT2D eigenvalue weighted by Crippen LogP contribution is 2.30. The minimum Gasteiger partial charge on any atom is -0.466 e. The van der Waals surface area contributed by atoms with E-state index in [0.29, 0.717) is 13.1 Å². The average molecular weight is 227 g/mol. The van der Waals surface area contributed by atoms with Gasteiger partial charge in [0, 0.05) is 18.8 Å². The standard InChI is InChI=1S/C9H13N3O2S/c1-10-9-7(3-11-5-12-9)8(15-2)4-14-6-13/h3,5-6,8H,4H2,1-2H3,(H,10,11,12). The van der Waals surface area contributed by atoms with Gasteiger partial charge in [-0.25, -0.2) is 9.97 Å². The van der Waals surface area contributed by atoms with Crippen LogP contribution in [0.1, 0.15) is 10.8 Å². The largest absolute Gasteiger partial charge is 0.466 e. The van der Waals surface area contributed by atoms with Crippen LogP contribution >= 0.6 is 11.8 Å². The monoisotopic (exact) mass is 227 g/mol. The summed E-state index contributed by atoms with van der Waals surface area (Å²) in [7, 11) is 1.80. The molecule has 82 valence electrons. The molecule has 0 bridgehead atoms. The number of thioether (sulfide) groups is 1. The number of nitrogens with zero attached hydrogens (tertiary/aromatic N) is 2. The summed E-state index contributed by atoms with van der Waals surface area (Å²) in [6.07, 6.45) is 5.16. The van der Waals surface area contributed by atoms with Gasteiger partial charge < -0.3 is 10.1 Å². The van der Waals surface area contributed by atoms with Crippen LogP contribution in [0.5, 0.6) is 0 Å². The van der Waals surface area contributed by atoms with E-state index in [2.05, 4.69) is 15.3 Å². The summed E-state index contributed by atoms with van der Waals surface area (Å²) in [6.45, 7) is 0.777. The fraction of sp³-hybridized carbons (Fsp3) is 0.444. The predicted molar refractivity (Wildman–Crippen MR) is 59.9 cm³/mol. The van der Waals surface area contributed by atoms with Gasteiger partial charge in [0.1, 0.15) is 18.8 Å². The van der Waals surface area contributed by atoms with Crippen molar-refractivity contribution in [3.8, 4) is 0 Å². The number of hydrogen-bond acceptors (Lipinski definition) is 6. The number of ether oxygens (including phenoxy) is 1. The highest BCUT2D eigenvalue weighted by molar-refractivity contribution is 7.98. The van der Waals surface area contributed by atoms with Gasteiger partial charge in [0.05, 0.1) is 5.25 Å². The Morgan fingerprint density at radius 3 is 3.13 bits per heavy atom. The van der Waals surface area contributed by atoms with E-state index < -0.39 is 0 Å². The molecule has 1 aromatic heterocycles. The summed E-state index contributed by atoms with van der Waals surface area (Å²) in [5.74, 6) is 0.763. The maximum atomic E-state index is 10.1. The lowest BCUT2D eigenvalue weighted by Crippen LogP contribution is -2.08. The maximum Gasteiger partial charge on any atom is 0.293 e. The topological polar surface area (TPSA) is 64.1 Å². The molecule has 0 aliphatic heterocycles. The summed E-state index contributed by atoms with van der Waals surface area (Å²) >= 11 is 1.59. The van der Waals surface area contributed by atoms with Gasteiger partial charge >= 0.3 is 0 Å². The molecule has 1 heterocycles. The first-order chi connectivity index (χ1) is 7.33. The van der Waals surface area contributed by atoms with Crippen molar-refractivity contribution in [2.45, 2.75) is 5.25 Å². The van der Waals surface area contributed by atoms with Crippen LogP contribution in [0.2, 0.25) is 0 Å². The first kappa shape index (κ1) is 11.8. The lowest BCUT2D eigenvalue weighted by Gasteiger charge is -2.15. The first-order valence-electron chi connectivity index (χ1n) is 4.39. The Morgan fingerprint density at radius 1 is 1.73 bits per heavy atom. The van der Waals surface area contributed by atoms with E-state index in [1.807, 2.05) is 6.26 Å². The summed E-state index contributed by atoms with van der Waals surface area (Å²) in [4.78, 5) is 18.2. The van der Waals surface area contributed by atoms with Crippen molar-refractivity contribution in [1.82, 2.24) is 9.97 Å². The number of carbonyl (C=O) groups excluding carboxylic acids is 1. The van der Waals surface area contributed by atoms with Crippen LogP contribution in [-0.2, 0) is 9.53 Å². The van der Waals surface area contributed by atoms with Gasteiger partial charge in [-0.3, -0.25) is 4.79 Å². The highest BCUT2D eigenvalue weighted by atomic mass is 32.2. The zero-order valence-corrected chi connectivity index (χ0v) is 9.45. The van der Waals surface area contributed by atoms with Crippen LogP contribution in [0.4, 0.5) is 5.82 Å². The van der Waals surface area contributed by atoms with Gasteiger partial charge in [-0.05, 0) is 6.26 Å². The van der Waals surface area contributed by atoms with Crippen molar-refractivity contribution in [2.75, 3.05) is 25.2 Å². The van der Waals surface area contributed by atoms with Crippen LogP contribution in [0, 0.1) is 0 Å². The molecule has 0 aromatic carbocycles. The highest BCUT2D eigenvalue weighted by Gasteiger charge is 2.15. The molecule has 6 heteroatoms. The van der Waals surface area contributed by atoms with E-state index in [4.69, 9.17) is 4.74 Å². The van der Waals surface area contributed by atoms with Crippen LogP contribution in [0.25, 0.3) is 0 Å². The second-order valence-electron chi connectivity index (χ2n) is 2.73. The molecule has 1 aromatic rings. The smallest absolute Gasteiger partial charge is 0.293 e. The molecule has 0 aliphatic rings. The Morgan fingerprint density at radius 2 is 2.53 bits per heavy atom. The second-order valence-corrected chi connectivity index (χ2v) is 3.77. The van der Waals surface area contributed by atoms with E-state index in [-0.39, 0.29) is 5.25 Å². The van der Waals surface area contributed by atoms with Crippen molar-refractivity contribution in [1.29, 1.82) is 0 Å². The van der Waals surface area contributed by atoms with Crippen LogP contribution in [0.15, 0.2) is 12.5 Å². The minimum absolute atomic E-state index is 0.0545. The molecule has 15 heavy (non-hydrogen) atoms. The molecule has 1 N–H and O–H groups in total. The molecule has 0 saturated heterocycles. The lowest BCUT2D eigenvalue weighted by molar-refractivity contribution is -0.128. The van der Waals surface area contributed by atoms with Crippen LogP contribution in [0.3, 0.4) is 0 Å². The molecule has 1 rings (SSSR count). The minimum atomic E-state index is 0.0545. The Balaban J connectivity index is 2.84. The number of nitrogens with one attached hydrogen (secondary N) is 1. The van der Waals surface area contributed by atoms with Gasteiger partial charge in [0.25, 0.3) is 6.47 Å². The molecular weight excluding hydrogens is 214 g/mol. The number of anilines is 1. The lowest BCUT2D eigenvalue weighted by atomic mass is 10.2. The van der Waals surface area contributed by atoms with Crippen molar-refractivity contribution < 1.29 is 9.53 Å². The quantitative estimate of drug-likeness (QED) is 0.734. The summed E-state index contributed by atoms with van der Waals surface area (Å²) in [6, 6.07) is 0. The van der Waals surface area contributed by atoms with Crippen molar-refractivity contribution >= 4 is 24.1 Å². The second kappa shape index (κ2) is 6.23. The molecule has 5 nitrogen and oxygen atoms in total. The van der Waals surface area contributed by atoms with E-state index in [1.54, 1.807) is 25.0 Å². The maximum absolute atomic E-state index is 10.1. The van der Waals surface area contributed by atoms with E-state index in [1.165, 1.54) is 6.33 Å². The molecule has 0 amide bonds. The predicted octanol–water partition coefficient (Wildman–Crippen LogP) is 1.10. The zero-order chi connectivity index (χ0) is 11.1. The molecule has 0 saturated carbocycles.